The smallest absolute Gasteiger partial charge is 0.292 e. The molecule has 0 aliphatic carbocycles. The zero-order valence-corrected chi connectivity index (χ0v) is 10.7. The van der Waals surface area contributed by atoms with E-state index in [-0.39, 0.29) is 17.6 Å². The van der Waals surface area contributed by atoms with Crippen molar-refractivity contribution in [2.24, 2.45) is 0 Å². The summed E-state index contributed by atoms with van der Waals surface area (Å²) in [5.74, 6) is -0.287. The number of amides is 1. The monoisotopic (exact) mass is 270 g/mol. The molecule has 0 aliphatic heterocycles. The molecule has 0 spiro atoms. The molecule has 1 amide bonds. The number of nitrogen functional groups attached to an aromatic ring is 1. The van der Waals surface area contributed by atoms with Crippen LogP contribution < -0.4 is 11.1 Å². The van der Waals surface area contributed by atoms with E-state index in [1.165, 1.54) is 17.2 Å². The van der Waals surface area contributed by atoms with Gasteiger partial charge in [0.15, 0.2) is 5.69 Å². The Bertz CT molecular complexity index is 744. The number of nitrogens with zero attached hydrogens (tertiary/aromatic N) is 1. The van der Waals surface area contributed by atoms with Crippen LogP contribution in [0.4, 0.5) is 6.01 Å². The van der Waals surface area contributed by atoms with Gasteiger partial charge in [-0.2, -0.15) is 4.98 Å². The third-order valence-corrected chi connectivity index (χ3v) is 3.11. The molecule has 6 nitrogen and oxygen atoms in total. The standard InChI is InChI=1S/C14H14N4O2/c15-14-18-12(8-20-14)13(19)16-6-5-9-7-17-11-4-2-1-3-10(9)11/h1-4,7-8,17H,5-6H2,(H2,15,18)(H,16,19). The number of benzene rings is 1. The average Bonchev–Trinajstić information content (AvgIpc) is 3.06. The summed E-state index contributed by atoms with van der Waals surface area (Å²) in [5.41, 5.74) is 7.78. The number of carbonyl (C=O) groups excluding carboxylic acids is 1. The van der Waals surface area contributed by atoms with Gasteiger partial charge in [-0.05, 0) is 18.1 Å². The Labute approximate surface area is 115 Å². The number of rotatable bonds is 4. The highest BCUT2D eigenvalue weighted by molar-refractivity contribution is 5.92. The first kappa shape index (κ1) is 12.3. The van der Waals surface area contributed by atoms with Crippen molar-refractivity contribution in [2.45, 2.75) is 6.42 Å². The van der Waals surface area contributed by atoms with Crippen LogP contribution >= 0.6 is 0 Å². The fourth-order valence-corrected chi connectivity index (χ4v) is 2.13. The molecule has 102 valence electrons. The second-order valence-electron chi connectivity index (χ2n) is 4.44. The number of H-pyrrole nitrogens is 1. The molecule has 20 heavy (non-hydrogen) atoms. The lowest BCUT2D eigenvalue weighted by Crippen LogP contribution is -2.25. The van der Waals surface area contributed by atoms with Crippen LogP contribution in [0.2, 0.25) is 0 Å². The van der Waals surface area contributed by atoms with Crippen molar-refractivity contribution in [2.75, 3.05) is 12.3 Å². The normalized spacial score (nSPS) is 10.8. The molecule has 0 saturated carbocycles. The highest BCUT2D eigenvalue weighted by atomic mass is 16.4. The van der Waals surface area contributed by atoms with Gasteiger partial charge in [-0.25, -0.2) is 0 Å². The van der Waals surface area contributed by atoms with E-state index in [9.17, 15) is 4.79 Å². The number of aromatic nitrogens is 2. The van der Waals surface area contributed by atoms with Gasteiger partial charge in [0.25, 0.3) is 11.9 Å². The molecule has 3 rings (SSSR count). The van der Waals surface area contributed by atoms with Crippen molar-refractivity contribution in [3.63, 3.8) is 0 Å². The molecule has 0 unspecified atom stereocenters. The molecule has 0 saturated heterocycles. The first-order chi connectivity index (χ1) is 9.74. The molecule has 4 N–H and O–H groups in total. The van der Waals surface area contributed by atoms with Crippen molar-refractivity contribution >= 4 is 22.8 Å². The van der Waals surface area contributed by atoms with Crippen molar-refractivity contribution < 1.29 is 9.21 Å². The lowest BCUT2D eigenvalue weighted by molar-refractivity contribution is 0.0949. The van der Waals surface area contributed by atoms with Crippen LogP contribution in [0.3, 0.4) is 0 Å². The van der Waals surface area contributed by atoms with Crippen LogP contribution in [0, 0.1) is 0 Å². The molecular weight excluding hydrogens is 256 g/mol. The van der Waals surface area contributed by atoms with Crippen LogP contribution in [-0.4, -0.2) is 22.4 Å². The summed E-state index contributed by atoms with van der Waals surface area (Å²) in [6.07, 6.45) is 3.95. The number of nitrogens with one attached hydrogen (secondary N) is 2. The van der Waals surface area contributed by atoms with Crippen LogP contribution in [0.25, 0.3) is 10.9 Å². The molecule has 0 fully saturated rings. The molecule has 2 aromatic heterocycles. The molecule has 0 radical (unpaired) electrons. The van der Waals surface area contributed by atoms with Crippen LogP contribution in [0.15, 0.2) is 41.1 Å². The molecule has 3 aromatic rings. The molecule has 6 heteroatoms. The third-order valence-electron chi connectivity index (χ3n) is 3.11. The van der Waals surface area contributed by atoms with Gasteiger partial charge in [-0.3, -0.25) is 4.79 Å². The van der Waals surface area contributed by atoms with Crippen LogP contribution in [0.1, 0.15) is 16.1 Å². The van der Waals surface area contributed by atoms with E-state index in [1.54, 1.807) is 0 Å². The number of hydrogen-bond donors (Lipinski definition) is 3. The van der Waals surface area contributed by atoms with Crippen molar-refractivity contribution in [1.82, 2.24) is 15.3 Å². The zero-order valence-electron chi connectivity index (χ0n) is 10.7. The molecule has 1 aromatic carbocycles. The SMILES string of the molecule is Nc1nc(C(=O)NCCc2c[nH]c3ccccc23)co1. The number of carbonyl (C=O) groups is 1. The predicted molar refractivity (Wildman–Crippen MR) is 75.3 cm³/mol. The minimum Gasteiger partial charge on any atom is -0.431 e. The average molecular weight is 270 g/mol. The minimum atomic E-state index is -0.287. The lowest BCUT2D eigenvalue weighted by atomic mass is 10.1. The Hall–Kier alpha value is -2.76. The number of anilines is 1. The Morgan fingerprint density at radius 3 is 3.05 bits per heavy atom. The third kappa shape index (κ3) is 2.35. The van der Waals surface area contributed by atoms with Gasteiger partial charge in [0.05, 0.1) is 0 Å². The maximum absolute atomic E-state index is 11.8. The summed E-state index contributed by atoms with van der Waals surface area (Å²) in [7, 11) is 0. The van der Waals surface area contributed by atoms with Crippen LogP contribution in [-0.2, 0) is 6.42 Å². The largest absolute Gasteiger partial charge is 0.431 e. The van der Waals surface area contributed by atoms with Crippen molar-refractivity contribution in [3.05, 3.63) is 48.0 Å². The maximum atomic E-state index is 11.8. The van der Waals surface area contributed by atoms with E-state index >= 15 is 0 Å². The number of oxazole rings is 1. The fourth-order valence-electron chi connectivity index (χ4n) is 2.13. The van der Waals surface area contributed by atoms with E-state index in [4.69, 9.17) is 10.2 Å². The summed E-state index contributed by atoms with van der Waals surface area (Å²) in [5, 5.41) is 3.96. The second kappa shape index (κ2) is 5.08. The summed E-state index contributed by atoms with van der Waals surface area (Å²) in [6, 6.07) is 8.05. The number of aromatic amines is 1. The number of para-hydroxylation sites is 1. The highest BCUT2D eigenvalue weighted by Gasteiger charge is 2.10. The van der Waals surface area contributed by atoms with Gasteiger partial charge in [-0.15, -0.1) is 0 Å². The Morgan fingerprint density at radius 2 is 2.25 bits per heavy atom. The highest BCUT2D eigenvalue weighted by Crippen LogP contribution is 2.17. The summed E-state index contributed by atoms with van der Waals surface area (Å²) >= 11 is 0. The van der Waals surface area contributed by atoms with E-state index in [2.05, 4.69) is 21.4 Å². The summed E-state index contributed by atoms with van der Waals surface area (Å²) in [4.78, 5) is 18.7. The summed E-state index contributed by atoms with van der Waals surface area (Å²) < 4.78 is 4.80. The van der Waals surface area contributed by atoms with E-state index in [1.807, 2.05) is 24.4 Å². The quantitative estimate of drug-likeness (QED) is 0.672. The van der Waals surface area contributed by atoms with Gasteiger partial charge in [0.2, 0.25) is 0 Å². The van der Waals surface area contributed by atoms with Crippen molar-refractivity contribution in [1.29, 1.82) is 0 Å². The Balaban J connectivity index is 1.61. The van der Waals surface area contributed by atoms with Gasteiger partial charge in [-0.1, -0.05) is 18.2 Å². The minimum absolute atomic E-state index is 0.00761. The predicted octanol–water partition coefficient (Wildman–Crippen LogP) is 1.71. The number of fused-ring (bicyclic) bond motifs is 1. The summed E-state index contributed by atoms with van der Waals surface area (Å²) in [6.45, 7) is 0.521. The second-order valence-corrected chi connectivity index (χ2v) is 4.44. The zero-order chi connectivity index (χ0) is 13.9. The van der Waals surface area contributed by atoms with E-state index in [0.29, 0.717) is 6.54 Å². The fraction of sp³-hybridized carbons (Fsp3) is 0.143. The first-order valence-corrected chi connectivity index (χ1v) is 6.28. The van der Waals surface area contributed by atoms with Gasteiger partial charge < -0.3 is 20.5 Å². The molecule has 0 bridgehead atoms. The van der Waals surface area contributed by atoms with E-state index in [0.717, 1.165) is 11.9 Å². The van der Waals surface area contributed by atoms with Gasteiger partial charge in [0.1, 0.15) is 6.26 Å². The van der Waals surface area contributed by atoms with E-state index < -0.39 is 0 Å². The molecule has 0 atom stereocenters. The van der Waals surface area contributed by atoms with Gasteiger partial charge in [0, 0.05) is 23.6 Å². The van der Waals surface area contributed by atoms with Crippen molar-refractivity contribution in [3.8, 4) is 0 Å². The lowest BCUT2D eigenvalue weighted by Gasteiger charge is -2.02. The first-order valence-electron chi connectivity index (χ1n) is 6.28. The maximum Gasteiger partial charge on any atom is 0.292 e. The Morgan fingerprint density at radius 1 is 1.40 bits per heavy atom. The molecule has 0 aliphatic rings. The molecule has 2 heterocycles. The topological polar surface area (TPSA) is 96.9 Å². The number of nitrogens with two attached hydrogens (primary N) is 1. The molecular formula is C14H14N4O2. The van der Waals surface area contributed by atoms with Gasteiger partial charge >= 0.3 is 0 Å². The Kier molecular flexibility index (Phi) is 3.12. The number of hydrogen-bond acceptors (Lipinski definition) is 4. The van der Waals surface area contributed by atoms with Crippen LogP contribution in [0.5, 0.6) is 0 Å².